The number of alkyl halides is 2. The smallest absolute Gasteiger partial charge is 0.335 e. The van der Waals surface area contributed by atoms with Gasteiger partial charge in [-0.3, -0.25) is 14.2 Å². The molecule has 1 saturated heterocycles. The number of halogens is 3. The Morgan fingerprint density at radius 2 is 1.82 bits per heavy atom. The highest BCUT2D eigenvalue weighted by atomic mass is 19.3. The van der Waals surface area contributed by atoms with Crippen molar-refractivity contribution in [1.29, 1.82) is 0 Å². The molecule has 0 aliphatic carbocycles. The SMILES string of the molecule is Cc1cc(N2CCOC[C@@H]2CC(F)F)cc(F)c1C(=O)NC(Cc1ccc(-n2c(=O)c3c(n(C)c2=O)COC3)cc1)C(=O)O. The normalized spacial score (nSPS) is 17.0. The predicted octanol–water partition coefficient (Wildman–Crippen LogP) is 2.30. The van der Waals surface area contributed by atoms with Gasteiger partial charge in [-0.15, -0.1) is 0 Å². The van der Waals surface area contributed by atoms with E-state index in [1.54, 1.807) is 11.9 Å². The fourth-order valence-electron chi connectivity index (χ4n) is 5.64. The summed E-state index contributed by atoms with van der Waals surface area (Å²) in [5.41, 5.74) is 0.786. The number of nitrogens with one attached hydrogen (secondary N) is 1. The molecule has 2 aliphatic heterocycles. The third-order valence-electron chi connectivity index (χ3n) is 7.92. The van der Waals surface area contributed by atoms with Crippen molar-refractivity contribution >= 4 is 17.6 Å². The van der Waals surface area contributed by atoms with E-state index < -0.39 is 53.9 Å². The van der Waals surface area contributed by atoms with Gasteiger partial charge in [-0.2, -0.15) is 0 Å². The summed E-state index contributed by atoms with van der Waals surface area (Å²) in [5, 5.41) is 12.2. The van der Waals surface area contributed by atoms with E-state index in [1.165, 1.54) is 41.8 Å². The number of aliphatic carboxylic acids is 1. The molecule has 0 bridgehead atoms. The van der Waals surface area contributed by atoms with E-state index in [9.17, 15) is 33.1 Å². The molecule has 2 aromatic carbocycles. The van der Waals surface area contributed by atoms with Crippen LogP contribution in [0.15, 0.2) is 46.0 Å². The number of carboxylic acids is 1. The van der Waals surface area contributed by atoms with Gasteiger partial charge in [0.15, 0.2) is 0 Å². The van der Waals surface area contributed by atoms with E-state index in [0.29, 0.717) is 22.5 Å². The minimum atomic E-state index is -2.58. The van der Waals surface area contributed by atoms with Gasteiger partial charge in [0.1, 0.15) is 11.9 Å². The molecule has 0 spiro atoms. The van der Waals surface area contributed by atoms with Gasteiger partial charge in [0.05, 0.1) is 55.0 Å². The maximum atomic E-state index is 15.3. The van der Waals surface area contributed by atoms with Crippen LogP contribution in [-0.4, -0.2) is 64.4 Å². The number of morpholine rings is 1. The number of aromatic nitrogens is 2. The van der Waals surface area contributed by atoms with Gasteiger partial charge in [0.25, 0.3) is 11.5 Å². The molecule has 1 unspecified atom stereocenters. The van der Waals surface area contributed by atoms with E-state index >= 15 is 4.39 Å². The molecule has 44 heavy (non-hydrogen) atoms. The second kappa shape index (κ2) is 12.7. The van der Waals surface area contributed by atoms with Crippen molar-refractivity contribution < 1.29 is 37.3 Å². The van der Waals surface area contributed by atoms with Crippen LogP contribution in [0.5, 0.6) is 0 Å². The molecule has 2 atom stereocenters. The summed E-state index contributed by atoms with van der Waals surface area (Å²) in [6.07, 6.45) is -3.21. The molecule has 14 heteroatoms. The third-order valence-corrected chi connectivity index (χ3v) is 7.92. The zero-order valence-electron chi connectivity index (χ0n) is 24.0. The van der Waals surface area contributed by atoms with Gasteiger partial charge in [-0.1, -0.05) is 12.1 Å². The molecule has 3 aromatic rings. The maximum absolute atomic E-state index is 15.3. The summed E-state index contributed by atoms with van der Waals surface area (Å²) in [5.74, 6) is -3.22. The van der Waals surface area contributed by atoms with Crippen molar-refractivity contribution in [3.05, 3.63) is 91.0 Å². The first-order valence-electron chi connectivity index (χ1n) is 13.9. The van der Waals surface area contributed by atoms with E-state index in [2.05, 4.69) is 5.32 Å². The van der Waals surface area contributed by atoms with Crippen LogP contribution in [0, 0.1) is 12.7 Å². The molecule has 5 rings (SSSR count). The number of carboxylic acid groups (broad SMARTS) is 1. The fourth-order valence-corrected chi connectivity index (χ4v) is 5.64. The Hall–Kier alpha value is -4.43. The highest BCUT2D eigenvalue weighted by molar-refractivity contribution is 5.98. The van der Waals surface area contributed by atoms with E-state index in [1.807, 2.05) is 0 Å². The van der Waals surface area contributed by atoms with Crippen LogP contribution >= 0.6 is 0 Å². The topological polar surface area (TPSA) is 132 Å². The molecule has 2 N–H and O–H groups in total. The van der Waals surface area contributed by atoms with Crippen molar-refractivity contribution in [3.8, 4) is 5.69 Å². The molecular formula is C30H31F3N4O7. The van der Waals surface area contributed by atoms with Crippen LogP contribution in [0.3, 0.4) is 0 Å². The highest BCUT2D eigenvalue weighted by Gasteiger charge is 2.29. The summed E-state index contributed by atoms with van der Waals surface area (Å²) in [6.45, 7) is 2.35. The molecule has 0 radical (unpaired) electrons. The number of carbonyl (C=O) groups is 2. The number of fused-ring (bicyclic) bond motifs is 1. The number of hydrogen-bond acceptors (Lipinski definition) is 7. The maximum Gasteiger partial charge on any atom is 0.335 e. The van der Waals surface area contributed by atoms with Crippen LogP contribution in [-0.2, 0) is 41.0 Å². The van der Waals surface area contributed by atoms with Crippen molar-refractivity contribution in [1.82, 2.24) is 14.5 Å². The molecule has 234 valence electrons. The number of amides is 1. The lowest BCUT2D eigenvalue weighted by atomic mass is 10.0. The van der Waals surface area contributed by atoms with Crippen LogP contribution in [0.25, 0.3) is 5.69 Å². The Morgan fingerprint density at radius 1 is 1.09 bits per heavy atom. The Bertz CT molecular complexity index is 1680. The van der Waals surface area contributed by atoms with Crippen LogP contribution < -0.4 is 21.5 Å². The zero-order valence-corrected chi connectivity index (χ0v) is 24.0. The molecule has 1 fully saturated rings. The van der Waals surface area contributed by atoms with Gasteiger partial charge < -0.3 is 24.8 Å². The fraction of sp³-hybridized carbons (Fsp3) is 0.400. The predicted molar refractivity (Wildman–Crippen MR) is 152 cm³/mol. The average Bonchev–Trinajstić information content (AvgIpc) is 3.47. The minimum absolute atomic E-state index is 0.0597. The first-order valence-corrected chi connectivity index (χ1v) is 13.9. The van der Waals surface area contributed by atoms with Crippen molar-refractivity contribution in [2.75, 3.05) is 24.7 Å². The van der Waals surface area contributed by atoms with Crippen molar-refractivity contribution in [2.24, 2.45) is 7.05 Å². The average molecular weight is 617 g/mol. The number of carbonyl (C=O) groups excluding carboxylic acids is 1. The lowest BCUT2D eigenvalue weighted by Crippen LogP contribution is -2.46. The summed E-state index contributed by atoms with van der Waals surface area (Å²) in [6, 6.07) is 6.55. The van der Waals surface area contributed by atoms with Crippen LogP contribution in [0.1, 0.15) is 39.2 Å². The number of hydrogen-bond donors (Lipinski definition) is 2. The molecule has 1 amide bonds. The number of anilines is 1. The van der Waals surface area contributed by atoms with Gasteiger partial charge in [-0.25, -0.2) is 27.3 Å². The Balaban J connectivity index is 1.33. The number of rotatable bonds is 9. The standard InChI is InChI=1S/C30H31F3N4O7/c1-16-9-19(36-7-8-43-13-20(36)12-25(32)33)11-22(31)26(16)27(38)34-23(29(40)41)10-17-3-5-18(6-4-17)37-28(39)21-14-44-15-24(21)35(2)30(37)42/h3-6,9,11,20,23,25H,7-8,10,12-15H2,1-2H3,(H,34,38)(H,40,41)/t20-,23?/m0/s1. The molecule has 11 nitrogen and oxygen atoms in total. The first-order chi connectivity index (χ1) is 21.0. The quantitative estimate of drug-likeness (QED) is 0.375. The van der Waals surface area contributed by atoms with Gasteiger partial charge in [-0.05, 0) is 42.3 Å². The van der Waals surface area contributed by atoms with E-state index in [0.717, 1.165) is 10.6 Å². The Kier molecular flexibility index (Phi) is 8.92. The number of benzene rings is 2. The summed E-state index contributed by atoms with van der Waals surface area (Å²) < 4.78 is 54.4. The van der Waals surface area contributed by atoms with Crippen LogP contribution in [0.2, 0.25) is 0 Å². The summed E-state index contributed by atoms with van der Waals surface area (Å²) in [4.78, 5) is 52.6. The van der Waals surface area contributed by atoms with Gasteiger partial charge >= 0.3 is 11.7 Å². The van der Waals surface area contributed by atoms with Crippen molar-refractivity contribution in [3.63, 3.8) is 0 Å². The zero-order chi connectivity index (χ0) is 31.7. The summed E-state index contributed by atoms with van der Waals surface area (Å²) >= 11 is 0. The van der Waals surface area contributed by atoms with E-state index in [-0.39, 0.29) is 56.2 Å². The molecular weight excluding hydrogens is 585 g/mol. The first kappa shape index (κ1) is 31.0. The molecule has 1 aromatic heterocycles. The molecule has 2 aliphatic rings. The highest BCUT2D eigenvalue weighted by Crippen LogP contribution is 2.28. The number of nitrogens with zero attached hydrogens (tertiary/aromatic N) is 3. The Labute approximate surface area is 249 Å². The lowest BCUT2D eigenvalue weighted by molar-refractivity contribution is -0.139. The second-order valence-corrected chi connectivity index (χ2v) is 10.8. The monoisotopic (exact) mass is 616 g/mol. The third kappa shape index (κ3) is 6.13. The number of aryl methyl sites for hydroxylation is 1. The largest absolute Gasteiger partial charge is 0.480 e. The van der Waals surface area contributed by atoms with E-state index in [4.69, 9.17) is 9.47 Å². The molecule has 0 saturated carbocycles. The van der Waals surface area contributed by atoms with Crippen molar-refractivity contribution in [2.45, 2.75) is 51.5 Å². The lowest BCUT2D eigenvalue weighted by Gasteiger charge is -2.37. The minimum Gasteiger partial charge on any atom is -0.480 e. The Morgan fingerprint density at radius 3 is 2.48 bits per heavy atom. The van der Waals surface area contributed by atoms with Gasteiger partial charge in [0, 0.05) is 32.1 Å². The summed E-state index contributed by atoms with van der Waals surface area (Å²) in [7, 11) is 1.55. The molecule has 3 heterocycles. The second-order valence-electron chi connectivity index (χ2n) is 10.8. The van der Waals surface area contributed by atoms with Gasteiger partial charge in [0.2, 0.25) is 6.43 Å². The number of ether oxygens (including phenoxy) is 2. The van der Waals surface area contributed by atoms with Crippen LogP contribution in [0.4, 0.5) is 18.9 Å².